The van der Waals surface area contributed by atoms with Crippen LogP contribution in [0.4, 0.5) is 13.2 Å². The Kier molecular flexibility index (Phi) is 6.93. The molecule has 5 nitrogen and oxygen atoms in total. The number of H-pyrrole nitrogens is 1. The van der Waals surface area contributed by atoms with E-state index >= 15 is 0 Å². The lowest BCUT2D eigenvalue weighted by Crippen LogP contribution is -2.12. The topological polar surface area (TPSA) is 66.7 Å². The van der Waals surface area contributed by atoms with Gasteiger partial charge in [-0.25, -0.2) is 4.98 Å². The summed E-state index contributed by atoms with van der Waals surface area (Å²) >= 11 is 0. The third kappa shape index (κ3) is 5.64. The fourth-order valence-electron chi connectivity index (χ4n) is 5.11. The largest absolute Gasteiger partial charge is 0.416 e. The standard InChI is InChI=1S/C33H27F3N4O/c1-20-31(21(2)41-40-20)26-10-4-7-23(15-26)19-37-18-22-6-3-8-24(14-22)25-9-5-11-27(16-25)32-38-29-13-12-28(33(34,35)36)17-30(29)39-32/h3-17,37H,18-19H2,1-2H3,(H,38,39). The van der Waals surface area contributed by atoms with Crippen LogP contribution in [-0.4, -0.2) is 15.1 Å². The Morgan fingerprint density at radius 3 is 2.07 bits per heavy atom. The van der Waals surface area contributed by atoms with Crippen molar-refractivity contribution in [2.45, 2.75) is 33.1 Å². The van der Waals surface area contributed by atoms with Gasteiger partial charge in [0.1, 0.15) is 11.6 Å². The summed E-state index contributed by atoms with van der Waals surface area (Å²) in [4.78, 5) is 7.57. The molecule has 0 aliphatic carbocycles. The molecule has 0 amide bonds. The number of imidazole rings is 1. The van der Waals surface area contributed by atoms with E-state index in [0.717, 1.165) is 57.0 Å². The third-order valence-electron chi connectivity index (χ3n) is 7.11. The summed E-state index contributed by atoms with van der Waals surface area (Å²) in [6, 6.07) is 28.0. The van der Waals surface area contributed by atoms with Gasteiger partial charge in [-0.15, -0.1) is 0 Å². The summed E-state index contributed by atoms with van der Waals surface area (Å²) in [5.41, 5.74) is 8.29. The minimum atomic E-state index is -4.40. The monoisotopic (exact) mass is 552 g/mol. The molecule has 6 aromatic rings. The number of hydrogen-bond donors (Lipinski definition) is 2. The molecule has 8 heteroatoms. The highest BCUT2D eigenvalue weighted by molar-refractivity contribution is 5.81. The van der Waals surface area contributed by atoms with Crippen LogP contribution in [0.2, 0.25) is 0 Å². The van der Waals surface area contributed by atoms with Gasteiger partial charge in [0.25, 0.3) is 0 Å². The van der Waals surface area contributed by atoms with E-state index in [0.29, 0.717) is 29.9 Å². The summed E-state index contributed by atoms with van der Waals surface area (Å²) in [7, 11) is 0. The lowest BCUT2D eigenvalue weighted by molar-refractivity contribution is -0.137. The molecule has 0 fully saturated rings. The van der Waals surface area contributed by atoms with Crippen molar-refractivity contribution in [3.8, 4) is 33.6 Å². The zero-order valence-electron chi connectivity index (χ0n) is 22.5. The van der Waals surface area contributed by atoms with Crippen molar-refractivity contribution in [1.82, 2.24) is 20.4 Å². The van der Waals surface area contributed by atoms with Crippen LogP contribution >= 0.6 is 0 Å². The minimum Gasteiger partial charge on any atom is -0.361 e. The zero-order chi connectivity index (χ0) is 28.6. The van der Waals surface area contributed by atoms with Crippen LogP contribution in [0.1, 0.15) is 28.1 Å². The maximum Gasteiger partial charge on any atom is 0.416 e. The number of aryl methyl sites for hydroxylation is 2. The van der Waals surface area contributed by atoms with Crippen LogP contribution in [0.3, 0.4) is 0 Å². The molecule has 6 rings (SSSR count). The predicted octanol–water partition coefficient (Wildman–Crippen LogP) is 8.48. The Bertz CT molecular complexity index is 1830. The van der Waals surface area contributed by atoms with E-state index in [1.807, 2.05) is 56.3 Å². The fraction of sp³-hybridized carbons (Fsp3) is 0.152. The van der Waals surface area contributed by atoms with Crippen LogP contribution in [0, 0.1) is 13.8 Å². The Labute approximate surface area is 235 Å². The lowest BCUT2D eigenvalue weighted by Gasteiger charge is -2.10. The number of nitrogens with one attached hydrogen (secondary N) is 2. The number of halogens is 3. The molecular formula is C33H27F3N4O. The molecule has 2 aromatic heterocycles. The number of rotatable bonds is 7. The molecular weight excluding hydrogens is 525 g/mol. The molecule has 0 atom stereocenters. The van der Waals surface area contributed by atoms with E-state index < -0.39 is 11.7 Å². The number of nitrogens with zero attached hydrogens (tertiary/aromatic N) is 2. The average molecular weight is 553 g/mol. The van der Waals surface area contributed by atoms with Gasteiger partial charge >= 0.3 is 6.18 Å². The number of alkyl halides is 3. The first-order valence-corrected chi connectivity index (χ1v) is 13.2. The van der Waals surface area contributed by atoms with Crippen molar-refractivity contribution in [3.63, 3.8) is 0 Å². The summed E-state index contributed by atoms with van der Waals surface area (Å²) in [6.07, 6.45) is -4.40. The van der Waals surface area contributed by atoms with Gasteiger partial charge in [0.15, 0.2) is 0 Å². The number of aromatic nitrogens is 3. The molecule has 0 saturated heterocycles. The van der Waals surface area contributed by atoms with Gasteiger partial charge in [0, 0.05) is 24.2 Å². The van der Waals surface area contributed by atoms with Gasteiger partial charge in [-0.2, -0.15) is 13.2 Å². The molecule has 0 radical (unpaired) electrons. The summed E-state index contributed by atoms with van der Waals surface area (Å²) < 4.78 is 44.7. The smallest absolute Gasteiger partial charge is 0.361 e. The third-order valence-corrected chi connectivity index (χ3v) is 7.11. The highest BCUT2D eigenvalue weighted by atomic mass is 19.4. The van der Waals surface area contributed by atoms with Crippen LogP contribution in [0.15, 0.2) is 95.5 Å². The number of aromatic amines is 1. The normalized spacial score (nSPS) is 11.8. The van der Waals surface area contributed by atoms with Crippen molar-refractivity contribution >= 4 is 11.0 Å². The SMILES string of the molecule is Cc1noc(C)c1-c1cccc(CNCc2cccc(-c3cccc(-c4nc5ccc(C(F)(F)F)cc5[nH]4)c3)c2)c1. The van der Waals surface area contributed by atoms with Gasteiger partial charge in [-0.1, -0.05) is 59.8 Å². The maximum absolute atomic E-state index is 13.1. The number of fused-ring (bicyclic) bond motifs is 1. The summed E-state index contributed by atoms with van der Waals surface area (Å²) in [5.74, 6) is 1.34. The average Bonchev–Trinajstić information content (AvgIpc) is 3.55. The molecule has 4 aromatic carbocycles. The van der Waals surface area contributed by atoms with E-state index in [9.17, 15) is 13.2 Å². The number of benzene rings is 4. The van der Waals surface area contributed by atoms with E-state index in [1.165, 1.54) is 11.6 Å². The summed E-state index contributed by atoms with van der Waals surface area (Å²) in [6.45, 7) is 5.27. The summed E-state index contributed by atoms with van der Waals surface area (Å²) in [5, 5.41) is 7.60. The van der Waals surface area contributed by atoms with Gasteiger partial charge in [0.2, 0.25) is 0 Å². The fourth-order valence-corrected chi connectivity index (χ4v) is 5.11. The highest BCUT2D eigenvalue weighted by Crippen LogP contribution is 2.33. The van der Waals surface area contributed by atoms with E-state index in [-0.39, 0.29) is 0 Å². The van der Waals surface area contributed by atoms with Crippen LogP contribution in [0.5, 0.6) is 0 Å². The molecule has 0 bridgehead atoms. The van der Waals surface area contributed by atoms with E-state index in [4.69, 9.17) is 4.52 Å². The Morgan fingerprint density at radius 2 is 1.39 bits per heavy atom. The molecule has 206 valence electrons. The van der Waals surface area contributed by atoms with Crippen molar-refractivity contribution in [3.05, 3.63) is 119 Å². The highest BCUT2D eigenvalue weighted by Gasteiger charge is 2.30. The van der Waals surface area contributed by atoms with Crippen molar-refractivity contribution in [2.75, 3.05) is 0 Å². The van der Waals surface area contributed by atoms with Gasteiger partial charge in [0.05, 0.1) is 22.3 Å². The molecule has 0 unspecified atom stereocenters. The Balaban J connectivity index is 1.17. The predicted molar refractivity (Wildman–Crippen MR) is 154 cm³/mol. The second kappa shape index (κ2) is 10.7. The molecule has 0 spiro atoms. The molecule has 0 saturated carbocycles. The molecule has 2 N–H and O–H groups in total. The first-order valence-electron chi connectivity index (χ1n) is 13.2. The number of hydrogen-bond acceptors (Lipinski definition) is 4. The second-order valence-electron chi connectivity index (χ2n) is 10.1. The molecule has 41 heavy (non-hydrogen) atoms. The first-order chi connectivity index (χ1) is 19.7. The van der Waals surface area contributed by atoms with Crippen molar-refractivity contribution in [1.29, 1.82) is 0 Å². The molecule has 0 aliphatic rings. The Morgan fingerprint density at radius 1 is 0.756 bits per heavy atom. The minimum absolute atomic E-state index is 0.352. The zero-order valence-corrected chi connectivity index (χ0v) is 22.5. The first kappa shape index (κ1) is 26.5. The molecule has 0 aliphatic heterocycles. The molecule has 2 heterocycles. The van der Waals surface area contributed by atoms with Crippen LogP contribution < -0.4 is 5.32 Å². The maximum atomic E-state index is 13.1. The lowest BCUT2D eigenvalue weighted by atomic mass is 10.0. The van der Waals surface area contributed by atoms with Crippen molar-refractivity contribution in [2.24, 2.45) is 0 Å². The second-order valence-corrected chi connectivity index (χ2v) is 10.1. The van der Waals surface area contributed by atoms with Crippen LogP contribution in [-0.2, 0) is 19.3 Å². The van der Waals surface area contributed by atoms with E-state index in [2.05, 4.69) is 50.8 Å². The quantitative estimate of drug-likeness (QED) is 0.208. The van der Waals surface area contributed by atoms with Gasteiger partial charge < -0.3 is 14.8 Å². The van der Waals surface area contributed by atoms with Crippen LogP contribution in [0.25, 0.3) is 44.7 Å². The van der Waals surface area contributed by atoms with Gasteiger partial charge in [-0.3, -0.25) is 0 Å². The van der Waals surface area contributed by atoms with Gasteiger partial charge in [-0.05, 0) is 78.1 Å². The Hall–Kier alpha value is -4.69. The van der Waals surface area contributed by atoms with E-state index in [1.54, 1.807) is 0 Å². The van der Waals surface area contributed by atoms with Crippen molar-refractivity contribution < 1.29 is 17.7 Å².